The summed E-state index contributed by atoms with van der Waals surface area (Å²) in [4.78, 5) is 29.1. The molecule has 5 rings (SSSR count). The molecule has 1 amide bonds. The number of carbonyl (C=O) groups is 2. The zero-order valence-corrected chi connectivity index (χ0v) is 22.9. The average Bonchev–Trinajstić information content (AvgIpc) is 3.17. The molecular weight excluding hydrogens is 504 g/mol. The number of methoxy groups -OCH3 is 1. The highest BCUT2D eigenvalue weighted by Crippen LogP contribution is 2.47. The van der Waals surface area contributed by atoms with Gasteiger partial charge in [-0.15, -0.1) is 12.4 Å². The van der Waals surface area contributed by atoms with E-state index in [-0.39, 0.29) is 35.0 Å². The summed E-state index contributed by atoms with van der Waals surface area (Å²) >= 11 is 0. The highest BCUT2D eigenvalue weighted by molar-refractivity contribution is 6.17. The number of carboxylic acids is 1. The van der Waals surface area contributed by atoms with Gasteiger partial charge in [-0.2, -0.15) is 0 Å². The monoisotopic (exact) mass is 534 g/mol. The first kappa shape index (κ1) is 27.2. The summed E-state index contributed by atoms with van der Waals surface area (Å²) in [5, 5.41) is 12.0. The third-order valence-corrected chi connectivity index (χ3v) is 6.69. The van der Waals surface area contributed by atoms with Crippen LogP contribution in [-0.4, -0.2) is 40.9 Å². The minimum atomic E-state index is -1.03. The number of hydrogen-bond donors (Lipinski definition) is 2. The molecule has 38 heavy (non-hydrogen) atoms. The summed E-state index contributed by atoms with van der Waals surface area (Å²) < 4.78 is 12.0. The zero-order valence-electron chi connectivity index (χ0n) is 22.0. The van der Waals surface area contributed by atoms with Crippen molar-refractivity contribution in [1.29, 1.82) is 0 Å². The number of halogens is 1. The number of anilines is 1. The molecule has 0 fully saturated rings. The molecule has 2 heterocycles. The standard InChI is InChI=1S/C30H30N2O5.ClH/c1-29(2)15-20-14-23(36-5)26-22(16-30(3,4)37-26)24(20)25(32-29)19-7-6-8-21(13-19)31-27(33)17-9-11-18(12-10-17)28(34)35;/h6-14H,15-16H2,1-5H3,(H,31,33)(H,34,35);1H. The van der Waals surface area contributed by atoms with E-state index in [9.17, 15) is 9.59 Å². The lowest BCUT2D eigenvalue weighted by Crippen LogP contribution is -2.30. The van der Waals surface area contributed by atoms with E-state index in [1.807, 2.05) is 24.3 Å². The summed E-state index contributed by atoms with van der Waals surface area (Å²) in [7, 11) is 1.67. The third kappa shape index (κ3) is 5.11. The van der Waals surface area contributed by atoms with Crippen LogP contribution in [0.3, 0.4) is 0 Å². The number of benzene rings is 3. The van der Waals surface area contributed by atoms with Crippen LogP contribution in [0.2, 0.25) is 0 Å². The number of hydrogen-bond acceptors (Lipinski definition) is 5. The number of aliphatic imine (C=N–C) groups is 1. The number of carboxylic acid groups (broad SMARTS) is 1. The Morgan fingerprint density at radius 2 is 1.68 bits per heavy atom. The van der Waals surface area contributed by atoms with E-state index >= 15 is 0 Å². The van der Waals surface area contributed by atoms with Crippen molar-refractivity contribution in [3.63, 3.8) is 0 Å². The zero-order chi connectivity index (χ0) is 26.5. The molecule has 0 saturated carbocycles. The molecule has 2 N–H and O–H groups in total. The van der Waals surface area contributed by atoms with Gasteiger partial charge in [0.1, 0.15) is 5.60 Å². The van der Waals surface area contributed by atoms with Crippen molar-refractivity contribution in [3.8, 4) is 11.5 Å². The molecule has 0 unspecified atom stereocenters. The topological polar surface area (TPSA) is 97.2 Å². The van der Waals surface area contributed by atoms with Crippen molar-refractivity contribution in [3.05, 3.63) is 88.0 Å². The molecule has 8 heteroatoms. The number of ether oxygens (including phenoxy) is 2. The van der Waals surface area contributed by atoms with Gasteiger partial charge in [-0.05, 0) is 82.1 Å². The molecule has 0 radical (unpaired) electrons. The van der Waals surface area contributed by atoms with Gasteiger partial charge in [0.05, 0.1) is 23.9 Å². The molecule has 7 nitrogen and oxygen atoms in total. The lowest BCUT2D eigenvalue weighted by Gasteiger charge is -2.31. The van der Waals surface area contributed by atoms with Crippen molar-refractivity contribution in [2.24, 2.45) is 4.99 Å². The molecule has 3 aromatic rings. The summed E-state index contributed by atoms with van der Waals surface area (Å²) in [6, 6.07) is 15.6. The largest absolute Gasteiger partial charge is 0.493 e. The Kier molecular flexibility index (Phi) is 7.01. The minimum Gasteiger partial charge on any atom is -0.493 e. The second-order valence-corrected chi connectivity index (χ2v) is 10.8. The highest BCUT2D eigenvalue weighted by atomic mass is 35.5. The first-order valence-electron chi connectivity index (χ1n) is 12.2. The third-order valence-electron chi connectivity index (χ3n) is 6.69. The van der Waals surface area contributed by atoms with Gasteiger partial charge in [0.2, 0.25) is 0 Å². The van der Waals surface area contributed by atoms with Gasteiger partial charge in [0.15, 0.2) is 11.5 Å². The second-order valence-electron chi connectivity index (χ2n) is 10.8. The van der Waals surface area contributed by atoms with Crippen molar-refractivity contribution >= 4 is 35.7 Å². The first-order valence-corrected chi connectivity index (χ1v) is 12.2. The molecule has 2 aliphatic heterocycles. The molecule has 3 aromatic carbocycles. The Morgan fingerprint density at radius 3 is 2.34 bits per heavy atom. The van der Waals surface area contributed by atoms with Gasteiger partial charge in [0.25, 0.3) is 5.91 Å². The number of amides is 1. The Morgan fingerprint density at radius 1 is 1.00 bits per heavy atom. The van der Waals surface area contributed by atoms with Crippen LogP contribution in [0.1, 0.15) is 70.7 Å². The molecular formula is C30H31ClN2O5. The van der Waals surface area contributed by atoms with Crippen LogP contribution in [-0.2, 0) is 12.8 Å². The number of fused-ring (bicyclic) bond motifs is 3. The Balaban J connectivity index is 0.00000336. The first-order chi connectivity index (χ1) is 17.5. The fourth-order valence-corrected chi connectivity index (χ4v) is 5.14. The van der Waals surface area contributed by atoms with Crippen LogP contribution in [0.15, 0.2) is 59.6 Å². The van der Waals surface area contributed by atoms with E-state index in [0.29, 0.717) is 11.3 Å². The van der Waals surface area contributed by atoms with Crippen molar-refractivity contribution < 1.29 is 24.2 Å². The number of rotatable bonds is 5. The molecule has 0 spiro atoms. The van der Waals surface area contributed by atoms with Crippen molar-refractivity contribution in [1.82, 2.24) is 0 Å². The Hall–Kier alpha value is -3.84. The molecule has 0 saturated heterocycles. The quantitative estimate of drug-likeness (QED) is 0.421. The normalized spacial score (nSPS) is 16.2. The molecule has 0 atom stereocenters. The van der Waals surface area contributed by atoms with E-state index in [4.69, 9.17) is 19.6 Å². The maximum Gasteiger partial charge on any atom is 0.335 e. The molecule has 0 aromatic heterocycles. The Bertz CT molecular complexity index is 1460. The number of nitrogens with one attached hydrogen (secondary N) is 1. The number of aromatic carboxylic acids is 1. The van der Waals surface area contributed by atoms with Crippen LogP contribution in [0.5, 0.6) is 11.5 Å². The van der Waals surface area contributed by atoms with E-state index in [0.717, 1.165) is 46.7 Å². The van der Waals surface area contributed by atoms with Gasteiger partial charge in [-0.1, -0.05) is 12.1 Å². The molecule has 0 aliphatic carbocycles. The average molecular weight is 535 g/mol. The molecule has 198 valence electrons. The van der Waals surface area contributed by atoms with Crippen molar-refractivity contribution in [2.75, 3.05) is 12.4 Å². The summed E-state index contributed by atoms with van der Waals surface area (Å²) in [5.41, 5.74) is 5.57. The van der Waals surface area contributed by atoms with Gasteiger partial charge in [-0.3, -0.25) is 9.79 Å². The van der Waals surface area contributed by atoms with Crippen LogP contribution in [0.25, 0.3) is 0 Å². The minimum absolute atomic E-state index is 0. The van der Waals surface area contributed by atoms with Crippen LogP contribution >= 0.6 is 12.4 Å². The van der Waals surface area contributed by atoms with E-state index < -0.39 is 5.97 Å². The van der Waals surface area contributed by atoms with Crippen LogP contribution in [0.4, 0.5) is 5.69 Å². The van der Waals surface area contributed by atoms with Gasteiger partial charge in [0, 0.05) is 34.4 Å². The van der Waals surface area contributed by atoms with E-state index in [2.05, 4.69) is 39.1 Å². The predicted octanol–water partition coefficient (Wildman–Crippen LogP) is 5.95. The SMILES string of the molecule is COc1cc2c(c3c1OC(C)(C)C3)C(c1cccc(NC(=O)c3ccc(C(=O)O)cc3)c1)=NC(C)(C)C2.Cl. The fourth-order valence-electron chi connectivity index (χ4n) is 5.14. The van der Waals surface area contributed by atoms with E-state index in [1.165, 1.54) is 29.8 Å². The second kappa shape index (κ2) is 9.80. The highest BCUT2D eigenvalue weighted by Gasteiger charge is 2.39. The summed E-state index contributed by atoms with van der Waals surface area (Å²) in [6.45, 7) is 8.37. The summed E-state index contributed by atoms with van der Waals surface area (Å²) in [5.74, 6) is 0.162. The number of nitrogens with zero attached hydrogens (tertiary/aromatic N) is 1. The maximum absolute atomic E-state index is 12.9. The van der Waals surface area contributed by atoms with E-state index in [1.54, 1.807) is 7.11 Å². The van der Waals surface area contributed by atoms with Gasteiger partial charge >= 0.3 is 5.97 Å². The Labute approximate surface area is 228 Å². The van der Waals surface area contributed by atoms with Crippen LogP contribution in [0, 0.1) is 0 Å². The fraction of sp³-hybridized carbons (Fsp3) is 0.300. The number of carbonyl (C=O) groups excluding carboxylic acids is 1. The molecule has 2 aliphatic rings. The maximum atomic E-state index is 12.9. The van der Waals surface area contributed by atoms with Gasteiger partial charge < -0.3 is 19.9 Å². The van der Waals surface area contributed by atoms with Gasteiger partial charge in [-0.25, -0.2) is 4.79 Å². The predicted molar refractivity (Wildman–Crippen MR) is 150 cm³/mol. The van der Waals surface area contributed by atoms with Crippen molar-refractivity contribution in [2.45, 2.75) is 51.7 Å². The lowest BCUT2D eigenvalue weighted by atomic mass is 9.81. The van der Waals surface area contributed by atoms with Crippen LogP contribution < -0.4 is 14.8 Å². The smallest absolute Gasteiger partial charge is 0.335 e. The molecule has 0 bridgehead atoms. The summed E-state index contributed by atoms with van der Waals surface area (Å²) in [6.07, 6.45) is 1.52. The lowest BCUT2D eigenvalue weighted by molar-refractivity contribution is 0.0696.